The second kappa shape index (κ2) is 4.92. The van der Waals surface area contributed by atoms with Crippen LogP contribution in [0.2, 0.25) is 0 Å². The van der Waals surface area contributed by atoms with Crippen LogP contribution in [-0.2, 0) is 9.59 Å². The summed E-state index contributed by atoms with van der Waals surface area (Å²) >= 11 is 0. The molecule has 9 heteroatoms. The van der Waals surface area contributed by atoms with Gasteiger partial charge in [-0.25, -0.2) is 4.98 Å². The number of aryl methyl sites for hydroxylation is 1. The van der Waals surface area contributed by atoms with Crippen molar-refractivity contribution < 1.29 is 14.7 Å². The summed E-state index contributed by atoms with van der Waals surface area (Å²) in [4.78, 5) is 40.9. The first-order valence-electron chi connectivity index (χ1n) is 7.07. The van der Waals surface area contributed by atoms with E-state index < -0.39 is 28.9 Å². The maximum atomic E-state index is 12.8. The number of imide groups is 1. The van der Waals surface area contributed by atoms with Crippen LogP contribution in [0.5, 0.6) is 0 Å². The van der Waals surface area contributed by atoms with Gasteiger partial charge in [-0.15, -0.1) is 0 Å². The lowest BCUT2D eigenvalue weighted by molar-refractivity contribution is -0.146. The molecule has 1 aromatic carbocycles. The van der Waals surface area contributed by atoms with Crippen molar-refractivity contribution in [3.8, 4) is 0 Å². The summed E-state index contributed by atoms with van der Waals surface area (Å²) in [5.74, 6) is -1.13. The Hall–Kier alpha value is -2.68. The third-order valence-corrected chi connectivity index (χ3v) is 4.07. The molecule has 1 aromatic heterocycles. The summed E-state index contributed by atoms with van der Waals surface area (Å²) in [5, 5.41) is 12.4. The summed E-state index contributed by atoms with van der Waals surface area (Å²) in [6.07, 6.45) is -0.210. The third kappa shape index (κ3) is 2.29. The van der Waals surface area contributed by atoms with Crippen molar-refractivity contribution in [2.45, 2.75) is 24.9 Å². The van der Waals surface area contributed by atoms with Gasteiger partial charge in [-0.3, -0.25) is 24.3 Å². The molecule has 2 unspecified atom stereocenters. The van der Waals surface area contributed by atoms with Gasteiger partial charge in [0, 0.05) is 12.1 Å². The van der Waals surface area contributed by atoms with E-state index in [9.17, 15) is 19.5 Å². The van der Waals surface area contributed by atoms with Crippen molar-refractivity contribution in [3.05, 3.63) is 34.4 Å². The fraction of sp³-hybridized carbons (Fsp3) is 0.286. The fourth-order valence-electron chi connectivity index (χ4n) is 2.85. The molecule has 0 bridgehead atoms. The predicted molar refractivity (Wildman–Crippen MR) is 85.4 cm³/mol. The number of aromatic nitrogens is 2. The van der Waals surface area contributed by atoms with E-state index in [2.05, 4.69) is 10.3 Å². The van der Waals surface area contributed by atoms with E-state index >= 15 is 0 Å². The average Bonchev–Trinajstić information content (AvgIpc) is 2.44. The Labute approximate surface area is 131 Å². The van der Waals surface area contributed by atoms with Crippen LogP contribution in [0.4, 0.5) is 5.69 Å². The highest BCUT2D eigenvalue weighted by molar-refractivity contribution is 6.30. The second-order valence-corrected chi connectivity index (χ2v) is 5.89. The van der Waals surface area contributed by atoms with Gasteiger partial charge in [-0.1, -0.05) is 6.07 Å². The SMILES string of the molecule is BC1(O)CC(n2c(C)nc3cccc(N)c3c2=O)C(=O)NC1=O. The Balaban J connectivity index is 2.24. The van der Waals surface area contributed by atoms with E-state index in [1.807, 2.05) is 0 Å². The van der Waals surface area contributed by atoms with Gasteiger partial charge in [0.05, 0.1) is 10.9 Å². The van der Waals surface area contributed by atoms with Gasteiger partial charge in [0.2, 0.25) is 11.8 Å². The minimum atomic E-state index is -1.75. The lowest BCUT2D eigenvalue weighted by Gasteiger charge is -2.33. The van der Waals surface area contributed by atoms with Gasteiger partial charge >= 0.3 is 0 Å². The van der Waals surface area contributed by atoms with Gasteiger partial charge in [0.1, 0.15) is 17.4 Å². The molecule has 2 amide bonds. The highest BCUT2D eigenvalue weighted by Gasteiger charge is 2.43. The smallest absolute Gasteiger partial charge is 0.264 e. The van der Waals surface area contributed by atoms with Crippen molar-refractivity contribution in [3.63, 3.8) is 0 Å². The number of hydrogen-bond acceptors (Lipinski definition) is 6. The maximum Gasteiger partial charge on any atom is 0.264 e. The number of nitrogen functional groups attached to an aromatic ring is 1. The minimum absolute atomic E-state index is 0.210. The molecular formula is C14H15BN4O4. The summed E-state index contributed by atoms with van der Waals surface area (Å²) in [5.41, 5.74) is 4.32. The van der Waals surface area contributed by atoms with Gasteiger partial charge in [0.25, 0.3) is 5.56 Å². The molecule has 0 radical (unpaired) electrons. The number of piperidine rings is 1. The number of hydrogen-bond donors (Lipinski definition) is 3. The van der Waals surface area contributed by atoms with Crippen molar-refractivity contribution in [1.82, 2.24) is 14.9 Å². The Morgan fingerprint density at radius 2 is 2.13 bits per heavy atom. The maximum absolute atomic E-state index is 12.8. The van der Waals surface area contributed by atoms with Gasteiger partial charge in [-0.2, -0.15) is 0 Å². The van der Waals surface area contributed by atoms with Crippen molar-refractivity contribution in [2.24, 2.45) is 0 Å². The molecule has 0 spiro atoms. The number of nitrogens with zero attached hydrogens (tertiary/aromatic N) is 2. The van der Waals surface area contributed by atoms with Crippen LogP contribution in [0.15, 0.2) is 23.0 Å². The molecule has 1 aliphatic rings. The third-order valence-electron chi connectivity index (χ3n) is 4.07. The molecule has 3 rings (SSSR count). The zero-order chi connectivity index (χ0) is 16.9. The molecule has 1 fully saturated rings. The highest BCUT2D eigenvalue weighted by Crippen LogP contribution is 2.25. The number of fused-ring (bicyclic) bond motifs is 1. The van der Waals surface area contributed by atoms with E-state index in [0.717, 1.165) is 0 Å². The Bertz CT molecular complexity index is 906. The standard InChI is InChI=1S/C14H15BN4O4/c1-6-17-8-4-2-3-7(16)10(8)12(21)19(6)9-5-14(15,23)13(22)18-11(9)20/h2-4,9,23H,5,15-16H2,1H3,(H,18,20,22). The summed E-state index contributed by atoms with van der Waals surface area (Å²) in [6, 6.07) is 3.88. The molecule has 2 aromatic rings. The first-order chi connectivity index (χ1) is 10.7. The molecule has 0 saturated carbocycles. The molecule has 118 valence electrons. The van der Waals surface area contributed by atoms with Crippen LogP contribution in [0.25, 0.3) is 10.9 Å². The molecule has 8 nitrogen and oxygen atoms in total. The Morgan fingerprint density at radius 1 is 1.43 bits per heavy atom. The van der Waals surface area contributed by atoms with Crippen molar-refractivity contribution in [1.29, 1.82) is 0 Å². The minimum Gasteiger partial charge on any atom is -0.398 e. The van der Waals surface area contributed by atoms with Gasteiger partial charge in [0.15, 0.2) is 7.85 Å². The van der Waals surface area contributed by atoms with Gasteiger partial charge < -0.3 is 10.8 Å². The molecule has 1 saturated heterocycles. The van der Waals surface area contributed by atoms with Crippen LogP contribution in [0.3, 0.4) is 0 Å². The fourth-order valence-corrected chi connectivity index (χ4v) is 2.85. The highest BCUT2D eigenvalue weighted by atomic mass is 16.3. The van der Waals surface area contributed by atoms with Gasteiger partial charge in [-0.05, 0) is 19.1 Å². The molecule has 4 N–H and O–H groups in total. The average molecular weight is 314 g/mol. The number of carbonyl (C=O) groups is 2. The predicted octanol–water partition coefficient (Wildman–Crippen LogP) is -1.80. The topological polar surface area (TPSA) is 127 Å². The number of benzene rings is 1. The number of anilines is 1. The van der Waals surface area contributed by atoms with E-state index in [4.69, 9.17) is 5.73 Å². The molecule has 1 aliphatic heterocycles. The van der Waals surface area contributed by atoms with Crippen LogP contribution < -0.4 is 16.6 Å². The molecule has 23 heavy (non-hydrogen) atoms. The first-order valence-corrected chi connectivity index (χ1v) is 7.07. The number of rotatable bonds is 1. The van der Waals surface area contributed by atoms with Crippen LogP contribution >= 0.6 is 0 Å². The van der Waals surface area contributed by atoms with E-state index in [-0.39, 0.29) is 17.5 Å². The van der Waals surface area contributed by atoms with Crippen molar-refractivity contribution in [2.75, 3.05) is 5.73 Å². The summed E-state index contributed by atoms with van der Waals surface area (Å²) in [6.45, 7) is 1.59. The monoisotopic (exact) mass is 314 g/mol. The number of carbonyl (C=O) groups excluding carboxylic acids is 2. The summed E-state index contributed by atoms with van der Waals surface area (Å²) in [7, 11) is 1.30. The van der Waals surface area contributed by atoms with E-state index in [1.165, 1.54) is 12.4 Å². The number of amides is 2. The molecule has 0 aliphatic carbocycles. The zero-order valence-electron chi connectivity index (χ0n) is 12.7. The van der Waals surface area contributed by atoms with E-state index in [1.54, 1.807) is 25.1 Å². The number of nitrogens with one attached hydrogen (secondary N) is 1. The Kier molecular flexibility index (Phi) is 3.26. The second-order valence-electron chi connectivity index (χ2n) is 5.89. The van der Waals surface area contributed by atoms with E-state index in [0.29, 0.717) is 11.3 Å². The van der Waals surface area contributed by atoms with Crippen molar-refractivity contribution >= 4 is 36.3 Å². The number of aliphatic hydroxyl groups is 1. The number of nitrogens with two attached hydrogens (primary N) is 1. The van der Waals surface area contributed by atoms with Crippen LogP contribution in [0, 0.1) is 6.92 Å². The lowest BCUT2D eigenvalue weighted by Crippen LogP contribution is -2.59. The van der Waals surface area contributed by atoms with Crippen LogP contribution in [-0.4, -0.2) is 39.8 Å². The largest absolute Gasteiger partial charge is 0.398 e. The quantitative estimate of drug-likeness (QED) is 0.324. The Morgan fingerprint density at radius 3 is 2.83 bits per heavy atom. The normalized spacial score (nSPS) is 24.7. The zero-order valence-corrected chi connectivity index (χ0v) is 12.7. The molecule has 2 heterocycles. The molecule has 2 atom stereocenters. The molecular weight excluding hydrogens is 299 g/mol. The summed E-state index contributed by atoms with van der Waals surface area (Å²) < 4.78 is 1.18. The van der Waals surface area contributed by atoms with Crippen LogP contribution in [0.1, 0.15) is 18.3 Å². The first kappa shape index (κ1) is 15.2. The lowest BCUT2D eigenvalue weighted by atomic mass is 9.73.